The van der Waals surface area contributed by atoms with Crippen LogP contribution in [0.25, 0.3) is 0 Å². The van der Waals surface area contributed by atoms with E-state index in [2.05, 4.69) is 74.8 Å². The van der Waals surface area contributed by atoms with Gasteiger partial charge in [-0.1, -0.05) is 125 Å². The molecule has 12 aromatic carbocycles. The first kappa shape index (κ1) is 114. The summed E-state index contributed by atoms with van der Waals surface area (Å²) in [5.41, 5.74) is 12.5. The predicted octanol–water partition coefficient (Wildman–Crippen LogP) is 23.5. The Bertz CT molecular complexity index is 5120. The van der Waals surface area contributed by atoms with Gasteiger partial charge in [0.25, 0.3) is 0 Å². The van der Waals surface area contributed by atoms with Crippen LogP contribution in [0.2, 0.25) is 0 Å². The van der Waals surface area contributed by atoms with Gasteiger partial charge in [0.05, 0.1) is 88.9 Å². The minimum Gasteiger partial charge on any atom is -0.497 e. The predicted molar refractivity (Wildman–Crippen MR) is 484 cm³/mol. The summed E-state index contributed by atoms with van der Waals surface area (Å²) in [7, 11) is 11.4. The zero-order chi connectivity index (χ0) is 97.4. The molecule has 12 rings (SSSR count). The van der Waals surface area contributed by atoms with Crippen molar-refractivity contribution in [3.05, 3.63) is 365 Å². The average Bonchev–Trinajstić information content (AvgIpc) is 0.887. The lowest BCUT2D eigenvalue weighted by Gasteiger charge is -2.05. The number of rotatable bonds is 18. The van der Waals surface area contributed by atoms with Crippen molar-refractivity contribution in [2.45, 2.75) is 104 Å². The summed E-state index contributed by atoms with van der Waals surface area (Å²) in [6.07, 6.45) is 0. The van der Waals surface area contributed by atoms with Gasteiger partial charge in [0, 0.05) is 29.3 Å². The fraction of sp³-hybridized carbons (Fsp3) is 0.284. The molecular formula is C102H119F11O16. The normalized spacial score (nSPS) is 9.68. The molecule has 0 aliphatic carbocycles. The van der Waals surface area contributed by atoms with Crippen LogP contribution in [0.1, 0.15) is 93.8 Å². The number of carbonyl (C=O) groups is 1. The van der Waals surface area contributed by atoms with Crippen LogP contribution in [-0.2, 0) is 11.3 Å². The quantitative estimate of drug-likeness (QED) is 0.0467. The molecule has 0 saturated carbocycles. The number of benzene rings is 12. The molecule has 0 bridgehead atoms. The molecule has 4 N–H and O–H groups in total. The fourth-order valence-electron chi connectivity index (χ4n) is 10.4. The topological polar surface area (TPSA) is 200 Å². The number of esters is 1. The first-order chi connectivity index (χ1) is 61.2. The highest BCUT2D eigenvalue weighted by Gasteiger charge is 2.14. The monoisotopic (exact) mass is 1810 g/mol. The smallest absolute Gasteiger partial charge is 0.337 e. The number of aliphatic hydroxyl groups excluding tert-OH is 4. The fourth-order valence-corrected chi connectivity index (χ4v) is 10.4. The van der Waals surface area contributed by atoms with Crippen LogP contribution < -0.4 is 47.4 Å². The van der Waals surface area contributed by atoms with Gasteiger partial charge in [-0.25, -0.2) is 53.1 Å². The van der Waals surface area contributed by atoms with Gasteiger partial charge in [0.15, 0.2) is 63.7 Å². The third-order valence-electron chi connectivity index (χ3n) is 17.5. The maximum atomic E-state index is 12.9. The van der Waals surface area contributed by atoms with Crippen molar-refractivity contribution in [1.82, 2.24) is 0 Å². The van der Waals surface area contributed by atoms with E-state index >= 15 is 0 Å². The average molecular weight is 1810 g/mol. The Balaban J connectivity index is 0.000000704. The van der Waals surface area contributed by atoms with E-state index in [-0.39, 0.29) is 77.9 Å². The second-order valence-electron chi connectivity index (χ2n) is 27.7. The first-order valence-corrected chi connectivity index (χ1v) is 39.8. The lowest BCUT2D eigenvalue weighted by Crippen LogP contribution is -2.02. The molecule has 0 aliphatic heterocycles. The highest BCUT2D eigenvalue weighted by Crippen LogP contribution is 2.28. The molecule has 700 valence electrons. The molecule has 0 fully saturated rings. The standard InChI is InChI=1S/C10H12O3.3C9H12O2.C9H12O.5C8H8F2O.C8H9FO.C8H10/c1-7-4-5-8(10(11)13-3)6-9(7)12-2;1-8-2-4-9(5-3-8)11-7-6-10;1-8-3-2-4-9(7-8)11-6-5-10;1-8-4-2-3-5-9(8)11-7-6-10;1-7-4-5-9(10-3)8(2)6-7;1-5-7(9)3-6(11-2)4-8(5)10;1-5-3-6(9)4-7(10)8(5)11-2;1-5-6(9)3-4-7(11-2)8(5)10;1-5-3-4-6(9)8(11-2)7(5)10;1-5-6(4-11)2-3-7(9)8(5)10;1-6-3-4-8(10-2)7(9)5-6;1-7-4-3-5-8(2)6-7/h4-6H,1-3H3;2-5,10H,6-7H2,1H3;2-4,7,10H,5-6H2,1H3;2-5,10H,6-7H2,1H3;4-6H,1-3H3;4*3-4H,1-2H3;2-3,11H,4H2,1H3;3-5H,1-2H3;3-6H,1-2H3. The van der Waals surface area contributed by atoms with E-state index < -0.39 is 58.2 Å². The molecule has 0 saturated heterocycles. The van der Waals surface area contributed by atoms with Gasteiger partial charge in [-0.15, -0.1) is 0 Å². The maximum Gasteiger partial charge on any atom is 0.337 e. The van der Waals surface area contributed by atoms with Gasteiger partial charge >= 0.3 is 5.97 Å². The third-order valence-corrected chi connectivity index (χ3v) is 17.5. The Morgan fingerprint density at radius 2 is 0.752 bits per heavy atom. The van der Waals surface area contributed by atoms with Crippen molar-refractivity contribution in [3.63, 3.8) is 0 Å². The SMILES string of the molecule is COC(=O)c1ccc(C)c(OC)c1.COc1c(C)cc(F)cc1F.COc1c(F)ccc(C)c1F.COc1cc(F)c(C)c(F)c1.COc1ccc(C)cc1C.COc1ccc(C)cc1F.COc1ccc(F)c(C)c1F.Cc1c(CO)ccc(F)c1F.Cc1ccc(OCCO)cc1.Cc1cccc(C)c1.Cc1cccc(OCCO)c1.Cc1ccccc1OCCO. The maximum absolute atomic E-state index is 12.9. The van der Waals surface area contributed by atoms with Crippen LogP contribution in [0.15, 0.2) is 212 Å². The Morgan fingerprint density at radius 1 is 0.271 bits per heavy atom. The number of aryl methyl sites for hydroxylation is 11. The molecule has 129 heavy (non-hydrogen) atoms. The van der Waals surface area contributed by atoms with E-state index in [0.717, 1.165) is 64.0 Å². The molecule has 0 unspecified atom stereocenters. The summed E-state index contributed by atoms with van der Waals surface area (Å²) in [6.45, 7) is 26.4. The van der Waals surface area contributed by atoms with Crippen LogP contribution in [-0.4, -0.2) is 123 Å². The molecule has 0 spiro atoms. The number of carbonyl (C=O) groups excluding carboxylic acids is 1. The molecule has 12 aromatic rings. The summed E-state index contributed by atoms with van der Waals surface area (Å²) < 4.78 is 193. The van der Waals surface area contributed by atoms with Gasteiger partial charge in [0.2, 0.25) is 0 Å². The number of hydrogen-bond acceptors (Lipinski definition) is 16. The molecular weight excluding hydrogens is 1690 g/mol. The van der Waals surface area contributed by atoms with Crippen LogP contribution in [0.5, 0.6) is 57.5 Å². The molecule has 0 radical (unpaired) electrons. The molecule has 0 aliphatic rings. The molecule has 0 atom stereocenters. The summed E-state index contributed by atoms with van der Waals surface area (Å²) in [6, 6.07) is 59.6. The summed E-state index contributed by atoms with van der Waals surface area (Å²) in [5.74, 6) is -2.80. The van der Waals surface area contributed by atoms with Crippen LogP contribution in [0, 0.1) is 161 Å². The largest absolute Gasteiger partial charge is 0.497 e. The second kappa shape index (κ2) is 63.2. The number of ether oxygens (including phenoxy) is 11. The zero-order valence-corrected chi connectivity index (χ0v) is 77.0. The van der Waals surface area contributed by atoms with E-state index in [1.54, 1.807) is 46.3 Å². The number of hydrogen-bond donors (Lipinski definition) is 4. The van der Waals surface area contributed by atoms with Crippen molar-refractivity contribution in [2.24, 2.45) is 0 Å². The van der Waals surface area contributed by atoms with Crippen molar-refractivity contribution in [1.29, 1.82) is 0 Å². The second-order valence-corrected chi connectivity index (χ2v) is 27.7. The number of para-hydroxylation sites is 1. The van der Waals surface area contributed by atoms with Crippen molar-refractivity contribution < 1.29 is 126 Å². The third kappa shape index (κ3) is 43.5. The number of methoxy groups -OCH3 is 8. The van der Waals surface area contributed by atoms with E-state index in [4.69, 9.17) is 48.8 Å². The van der Waals surface area contributed by atoms with Crippen molar-refractivity contribution in [2.75, 3.05) is 96.5 Å². The Kier molecular flexibility index (Phi) is 55.9. The van der Waals surface area contributed by atoms with Crippen LogP contribution >= 0.6 is 0 Å². The number of aliphatic hydroxyl groups is 4. The van der Waals surface area contributed by atoms with Gasteiger partial charge < -0.3 is 72.5 Å². The van der Waals surface area contributed by atoms with E-state index in [1.807, 2.05) is 139 Å². The molecule has 0 aromatic heterocycles. The molecule has 0 heterocycles. The van der Waals surface area contributed by atoms with Gasteiger partial charge in [-0.3, -0.25) is 0 Å². The van der Waals surface area contributed by atoms with Gasteiger partial charge in [-0.05, 0) is 238 Å². The molecule has 0 amide bonds. The van der Waals surface area contributed by atoms with E-state index in [9.17, 15) is 53.1 Å². The number of halogens is 11. The molecule has 16 nitrogen and oxygen atoms in total. The van der Waals surface area contributed by atoms with Crippen molar-refractivity contribution >= 4 is 5.97 Å². The summed E-state index contributed by atoms with van der Waals surface area (Å²) in [4.78, 5) is 11.1. The lowest BCUT2D eigenvalue weighted by atomic mass is 10.1. The Morgan fingerprint density at radius 3 is 1.23 bits per heavy atom. The van der Waals surface area contributed by atoms with Gasteiger partial charge in [-0.2, -0.15) is 0 Å². The Labute approximate surface area is 750 Å². The van der Waals surface area contributed by atoms with Crippen LogP contribution in [0.4, 0.5) is 48.3 Å². The van der Waals surface area contributed by atoms with Crippen LogP contribution in [0.3, 0.4) is 0 Å². The molecule has 27 heteroatoms. The van der Waals surface area contributed by atoms with Gasteiger partial charge in [0.1, 0.15) is 77.6 Å². The highest BCUT2D eigenvalue weighted by atomic mass is 19.2. The minimum atomic E-state index is -0.878. The van der Waals surface area contributed by atoms with Crippen molar-refractivity contribution in [3.8, 4) is 57.5 Å². The lowest BCUT2D eigenvalue weighted by molar-refractivity contribution is 0.0600. The van der Waals surface area contributed by atoms with E-state index in [1.165, 1.54) is 139 Å². The Hall–Kier alpha value is -12.8. The summed E-state index contributed by atoms with van der Waals surface area (Å²) in [5, 5.41) is 34.1. The minimum absolute atomic E-state index is 0.00986. The van der Waals surface area contributed by atoms with E-state index in [0.29, 0.717) is 53.6 Å². The first-order valence-electron chi connectivity index (χ1n) is 39.8. The summed E-state index contributed by atoms with van der Waals surface area (Å²) >= 11 is 0. The highest BCUT2D eigenvalue weighted by molar-refractivity contribution is 5.90. The zero-order valence-electron chi connectivity index (χ0n) is 77.0.